The van der Waals surface area contributed by atoms with Gasteiger partial charge in [-0.2, -0.15) is 0 Å². The third-order valence-corrected chi connectivity index (χ3v) is 3.72. The normalized spacial score (nSPS) is 10.8. The first-order chi connectivity index (χ1) is 11.8. The van der Waals surface area contributed by atoms with E-state index in [1.54, 1.807) is 6.20 Å². The summed E-state index contributed by atoms with van der Waals surface area (Å²) in [4.78, 5) is 15.5. The van der Waals surface area contributed by atoms with E-state index in [0.717, 1.165) is 16.5 Å². The van der Waals surface area contributed by atoms with Gasteiger partial charge >= 0.3 is 6.01 Å². The van der Waals surface area contributed by atoms with Gasteiger partial charge in [-0.25, -0.2) is 0 Å². The monoisotopic (exact) mass is 318 g/mol. The third-order valence-electron chi connectivity index (χ3n) is 3.72. The first-order valence-corrected chi connectivity index (χ1v) is 7.53. The van der Waals surface area contributed by atoms with E-state index in [1.807, 2.05) is 54.6 Å². The highest BCUT2D eigenvalue weighted by Crippen LogP contribution is 2.19. The maximum absolute atomic E-state index is 12.4. The fourth-order valence-corrected chi connectivity index (χ4v) is 2.57. The zero-order chi connectivity index (χ0) is 16.4. The molecule has 0 aliphatic rings. The van der Waals surface area contributed by atoms with Crippen molar-refractivity contribution in [3.63, 3.8) is 0 Å². The number of hydrogen-bond acceptors (Lipinski definition) is 4. The highest BCUT2D eigenvalue weighted by atomic mass is 16.4. The van der Waals surface area contributed by atoms with Gasteiger partial charge in [0, 0.05) is 17.1 Å². The average Bonchev–Trinajstić information content (AvgIpc) is 3.22. The number of aromatic amines is 1. The van der Waals surface area contributed by atoms with E-state index >= 15 is 0 Å². The number of anilines is 1. The summed E-state index contributed by atoms with van der Waals surface area (Å²) in [5.41, 5.74) is 2.50. The number of benzene rings is 2. The van der Waals surface area contributed by atoms with Crippen LogP contribution >= 0.6 is 0 Å². The van der Waals surface area contributed by atoms with Crippen molar-refractivity contribution in [3.05, 3.63) is 77.8 Å². The highest BCUT2D eigenvalue weighted by molar-refractivity contribution is 6.12. The number of carbonyl (C=O) groups excluding carboxylic acids is 1. The van der Waals surface area contributed by atoms with Crippen LogP contribution in [-0.2, 0) is 6.42 Å². The van der Waals surface area contributed by atoms with Crippen LogP contribution in [0.5, 0.6) is 0 Å². The molecule has 118 valence electrons. The predicted molar refractivity (Wildman–Crippen MR) is 89.8 cm³/mol. The van der Waals surface area contributed by atoms with Crippen LogP contribution in [0.15, 0.2) is 65.2 Å². The van der Waals surface area contributed by atoms with Crippen LogP contribution in [0.1, 0.15) is 21.8 Å². The Labute approximate surface area is 137 Å². The number of aromatic nitrogens is 3. The van der Waals surface area contributed by atoms with Crippen molar-refractivity contribution < 1.29 is 9.21 Å². The highest BCUT2D eigenvalue weighted by Gasteiger charge is 2.15. The summed E-state index contributed by atoms with van der Waals surface area (Å²) in [5.74, 6) is 0.165. The molecule has 1 amide bonds. The van der Waals surface area contributed by atoms with Gasteiger partial charge in [0.25, 0.3) is 5.91 Å². The third kappa shape index (κ3) is 2.77. The maximum atomic E-state index is 12.4. The molecule has 4 aromatic rings. The Bertz CT molecular complexity index is 988. The summed E-state index contributed by atoms with van der Waals surface area (Å²) in [7, 11) is 0. The molecule has 0 saturated heterocycles. The standard InChI is InChI=1S/C18H14N4O2/c23-17(14-11-19-15-9-5-4-8-13(14)15)20-18-22-21-16(24-18)10-12-6-2-1-3-7-12/h1-9,11,19H,10H2,(H,20,22,23). The van der Waals surface area contributed by atoms with Crippen LogP contribution in [0, 0.1) is 0 Å². The fraction of sp³-hybridized carbons (Fsp3) is 0.0556. The summed E-state index contributed by atoms with van der Waals surface area (Å²) in [6.45, 7) is 0. The first-order valence-electron chi connectivity index (χ1n) is 7.53. The van der Waals surface area contributed by atoms with Crippen molar-refractivity contribution in [1.82, 2.24) is 15.2 Å². The average molecular weight is 318 g/mol. The summed E-state index contributed by atoms with van der Waals surface area (Å²) >= 11 is 0. The molecule has 2 aromatic carbocycles. The second-order valence-corrected chi connectivity index (χ2v) is 5.37. The Balaban J connectivity index is 1.50. The molecule has 0 atom stereocenters. The second-order valence-electron chi connectivity index (χ2n) is 5.37. The second kappa shape index (κ2) is 6.00. The molecular weight excluding hydrogens is 304 g/mol. The van der Waals surface area contributed by atoms with E-state index in [9.17, 15) is 4.79 Å². The van der Waals surface area contributed by atoms with Crippen molar-refractivity contribution >= 4 is 22.8 Å². The zero-order valence-corrected chi connectivity index (χ0v) is 12.7. The summed E-state index contributed by atoms with van der Waals surface area (Å²) < 4.78 is 5.50. The van der Waals surface area contributed by atoms with Crippen molar-refractivity contribution in [2.24, 2.45) is 0 Å². The molecule has 0 radical (unpaired) electrons. The van der Waals surface area contributed by atoms with Gasteiger partial charge in [-0.05, 0) is 11.6 Å². The molecule has 2 heterocycles. The molecule has 2 N–H and O–H groups in total. The Morgan fingerprint density at radius 1 is 1.04 bits per heavy atom. The number of H-pyrrole nitrogens is 1. The summed E-state index contributed by atoms with van der Waals surface area (Å²) in [6.07, 6.45) is 2.19. The van der Waals surface area contributed by atoms with Crippen molar-refractivity contribution in [2.45, 2.75) is 6.42 Å². The molecule has 6 nitrogen and oxygen atoms in total. The molecular formula is C18H14N4O2. The van der Waals surface area contributed by atoms with Gasteiger partial charge in [0.05, 0.1) is 12.0 Å². The largest absolute Gasteiger partial charge is 0.407 e. The van der Waals surface area contributed by atoms with Crippen LogP contribution < -0.4 is 5.32 Å². The molecule has 0 fully saturated rings. The van der Waals surface area contributed by atoms with Gasteiger partial charge in [-0.3, -0.25) is 10.1 Å². The summed E-state index contributed by atoms with van der Waals surface area (Å²) in [6, 6.07) is 17.5. The molecule has 0 aliphatic heterocycles. The van der Waals surface area contributed by atoms with Gasteiger partial charge in [-0.1, -0.05) is 53.6 Å². The minimum Gasteiger partial charge on any atom is -0.407 e. The molecule has 0 spiro atoms. The van der Waals surface area contributed by atoms with Crippen molar-refractivity contribution in [2.75, 3.05) is 5.32 Å². The maximum Gasteiger partial charge on any atom is 0.322 e. The molecule has 6 heteroatoms. The Morgan fingerprint density at radius 2 is 1.83 bits per heavy atom. The lowest BCUT2D eigenvalue weighted by molar-refractivity contribution is 0.102. The lowest BCUT2D eigenvalue weighted by Crippen LogP contribution is -2.11. The zero-order valence-electron chi connectivity index (χ0n) is 12.7. The molecule has 0 aliphatic carbocycles. The number of fused-ring (bicyclic) bond motifs is 1. The molecule has 24 heavy (non-hydrogen) atoms. The van der Waals surface area contributed by atoms with Crippen molar-refractivity contribution in [1.29, 1.82) is 0 Å². The first kappa shape index (κ1) is 14.2. The quantitative estimate of drug-likeness (QED) is 0.604. The Hall–Kier alpha value is -3.41. The Kier molecular flexibility index (Phi) is 3.55. The lowest BCUT2D eigenvalue weighted by Gasteiger charge is -1.99. The fourth-order valence-electron chi connectivity index (χ4n) is 2.57. The molecule has 2 aromatic heterocycles. The van der Waals surface area contributed by atoms with Crippen LogP contribution in [0.3, 0.4) is 0 Å². The van der Waals surface area contributed by atoms with Crippen molar-refractivity contribution in [3.8, 4) is 0 Å². The van der Waals surface area contributed by atoms with Gasteiger partial charge in [-0.15, -0.1) is 5.10 Å². The van der Waals surface area contributed by atoms with E-state index in [0.29, 0.717) is 17.9 Å². The SMILES string of the molecule is O=C(Nc1nnc(Cc2ccccc2)o1)c1c[nH]c2ccccc12. The number of nitrogens with zero attached hydrogens (tertiary/aromatic N) is 2. The van der Waals surface area contributed by atoms with E-state index in [-0.39, 0.29) is 11.9 Å². The van der Waals surface area contributed by atoms with Crippen LogP contribution in [0.4, 0.5) is 6.01 Å². The van der Waals surface area contributed by atoms with Gasteiger partial charge in [0.2, 0.25) is 5.89 Å². The minimum absolute atomic E-state index is 0.0937. The number of hydrogen-bond donors (Lipinski definition) is 2. The molecule has 0 bridgehead atoms. The molecule has 0 saturated carbocycles. The minimum atomic E-state index is -0.289. The predicted octanol–water partition coefficient (Wildman–Crippen LogP) is 3.39. The molecule has 0 unspecified atom stereocenters. The van der Waals surface area contributed by atoms with Gasteiger partial charge in [0.1, 0.15) is 0 Å². The smallest absolute Gasteiger partial charge is 0.322 e. The van der Waals surface area contributed by atoms with E-state index < -0.39 is 0 Å². The van der Waals surface area contributed by atoms with Crippen LogP contribution in [-0.4, -0.2) is 21.1 Å². The van der Waals surface area contributed by atoms with E-state index in [4.69, 9.17) is 4.42 Å². The van der Waals surface area contributed by atoms with Gasteiger partial charge < -0.3 is 9.40 Å². The van der Waals surface area contributed by atoms with E-state index in [2.05, 4.69) is 20.5 Å². The lowest BCUT2D eigenvalue weighted by atomic mass is 10.1. The van der Waals surface area contributed by atoms with Crippen LogP contribution in [0.2, 0.25) is 0 Å². The van der Waals surface area contributed by atoms with Crippen LogP contribution in [0.25, 0.3) is 10.9 Å². The number of nitrogens with one attached hydrogen (secondary N) is 2. The van der Waals surface area contributed by atoms with Gasteiger partial charge in [0.15, 0.2) is 0 Å². The summed E-state index contributed by atoms with van der Waals surface area (Å²) in [5, 5.41) is 11.3. The number of carbonyl (C=O) groups is 1. The van der Waals surface area contributed by atoms with E-state index in [1.165, 1.54) is 0 Å². The Morgan fingerprint density at radius 3 is 2.71 bits per heavy atom. The topological polar surface area (TPSA) is 83.8 Å². The number of para-hydroxylation sites is 1. The molecule has 4 rings (SSSR count). The number of rotatable bonds is 4. The number of amides is 1.